The molecule has 5 heteroatoms. The molecular weight excluding hydrogens is 322 g/mol. The van der Waals surface area contributed by atoms with E-state index in [1.807, 2.05) is 43.4 Å². The molecule has 5 nitrogen and oxygen atoms in total. The number of benzene rings is 1. The number of hydrogen-bond acceptors (Lipinski definition) is 5. The monoisotopic (exact) mass is 347 g/mol. The Labute approximate surface area is 155 Å². The third kappa shape index (κ3) is 4.79. The van der Waals surface area contributed by atoms with Crippen LogP contribution in [-0.4, -0.2) is 28.5 Å². The summed E-state index contributed by atoms with van der Waals surface area (Å²) in [6.45, 7) is 3.83. The lowest BCUT2D eigenvalue weighted by Gasteiger charge is -2.19. The molecule has 3 rings (SSSR count). The van der Waals surface area contributed by atoms with Gasteiger partial charge in [-0.2, -0.15) is 4.98 Å². The predicted octanol–water partition coefficient (Wildman–Crippen LogP) is 4.39. The Morgan fingerprint density at radius 2 is 1.77 bits per heavy atom. The lowest BCUT2D eigenvalue weighted by molar-refractivity contribution is 0.750. The van der Waals surface area contributed by atoms with Gasteiger partial charge in [0.15, 0.2) is 0 Å². The lowest BCUT2D eigenvalue weighted by Crippen LogP contribution is -2.21. The fraction of sp³-hybridized carbons (Fsp3) is 0.286. The number of nitrogens with one attached hydrogen (secondary N) is 1. The van der Waals surface area contributed by atoms with Crippen molar-refractivity contribution in [1.29, 1.82) is 0 Å². The van der Waals surface area contributed by atoms with Crippen LogP contribution in [0.1, 0.15) is 25.3 Å². The van der Waals surface area contributed by atoms with E-state index in [4.69, 9.17) is 9.97 Å². The number of hydrogen-bond donors (Lipinski definition) is 1. The second-order valence-electron chi connectivity index (χ2n) is 6.29. The number of pyridine rings is 1. The van der Waals surface area contributed by atoms with Gasteiger partial charge in [-0.25, -0.2) is 4.98 Å². The Balaban J connectivity index is 1.87. The highest BCUT2D eigenvalue weighted by atomic mass is 15.2. The Bertz CT molecular complexity index is 805. The largest absolute Gasteiger partial charge is 0.366 e. The van der Waals surface area contributed by atoms with Crippen molar-refractivity contribution in [3.05, 3.63) is 66.5 Å². The molecule has 0 aliphatic rings. The van der Waals surface area contributed by atoms with Crippen LogP contribution in [0.25, 0.3) is 11.3 Å². The molecule has 2 heterocycles. The standard InChI is InChI=1S/C21H25N5/c1-3-4-14-26(2)21-24-19(18-8-6-5-7-9-18)15-20(25-21)23-16-17-10-12-22-13-11-17/h5-13,15H,3-4,14,16H2,1-2H3,(H,23,24,25). The van der Waals surface area contributed by atoms with Crippen LogP contribution in [0.4, 0.5) is 11.8 Å². The van der Waals surface area contributed by atoms with Crippen molar-refractivity contribution in [2.24, 2.45) is 0 Å². The average molecular weight is 347 g/mol. The van der Waals surface area contributed by atoms with E-state index in [2.05, 4.69) is 34.3 Å². The molecule has 0 saturated carbocycles. The zero-order valence-corrected chi connectivity index (χ0v) is 15.4. The summed E-state index contributed by atoms with van der Waals surface area (Å²) in [4.78, 5) is 15.7. The fourth-order valence-corrected chi connectivity index (χ4v) is 2.64. The lowest BCUT2D eigenvalue weighted by atomic mass is 10.1. The summed E-state index contributed by atoms with van der Waals surface area (Å²) in [6, 6.07) is 16.2. The molecule has 0 saturated heterocycles. The van der Waals surface area contributed by atoms with Crippen LogP contribution in [-0.2, 0) is 6.54 Å². The Morgan fingerprint density at radius 1 is 1.00 bits per heavy atom. The van der Waals surface area contributed by atoms with Crippen LogP contribution in [0.5, 0.6) is 0 Å². The van der Waals surface area contributed by atoms with Crippen LogP contribution in [0.3, 0.4) is 0 Å². The molecule has 134 valence electrons. The van der Waals surface area contributed by atoms with Gasteiger partial charge in [0.05, 0.1) is 5.69 Å². The van der Waals surface area contributed by atoms with Crippen LogP contribution in [0.15, 0.2) is 60.9 Å². The van der Waals surface area contributed by atoms with Crippen molar-refractivity contribution >= 4 is 11.8 Å². The van der Waals surface area contributed by atoms with E-state index in [-0.39, 0.29) is 0 Å². The molecule has 3 aromatic rings. The number of aromatic nitrogens is 3. The van der Waals surface area contributed by atoms with Crippen LogP contribution >= 0.6 is 0 Å². The molecule has 1 aromatic carbocycles. The van der Waals surface area contributed by atoms with Crippen molar-refractivity contribution in [2.75, 3.05) is 23.8 Å². The predicted molar refractivity (Wildman–Crippen MR) is 107 cm³/mol. The first kappa shape index (κ1) is 17.9. The van der Waals surface area contributed by atoms with Gasteiger partial charge in [0.1, 0.15) is 5.82 Å². The number of rotatable bonds is 8. The van der Waals surface area contributed by atoms with Crippen LogP contribution < -0.4 is 10.2 Å². The summed E-state index contributed by atoms with van der Waals surface area (Å²) in [7, 11) is 2.05. The first-order valence-corrected chi connectivity index (χ1v) is 9.04. The van der Waals surface area contributed by atoms with E-state index in [9.17, 15) is 0 Å². The van der Waals surface area contributed by atoms with Gasteiger partial charge in [0.25, 0.3) is 0 Å². The molecule has 0 fully saturated rings. The molecule has 0 spiro atoms. The van der Waals surface area contributed by atoms with Gasteiger partial charge < -0.3 is 10.2 Å². The van der Waals surface area contributed by atoms with Gasteiger partial charge >= 0.3 is 0 Å². The zero-order valence-electron chi connectivity index (χ0n) is 15.4. The smallest absolute Gasteiger partial charge is 0.227 e. The van der Waals surface area contributed by atoms with Gasteiger partial charge in [-0.05, 0) is 24.1 Å². The Kier molecular flexibility index (Phi) is 6.14. The summed E-state index contributed by atoms with van der Waals surface area (Å²) in [5.41, 5.74) is 3.18. The number of unbranched alkanes of at least 4 members (excludes halogenated alkanes) is 1. The molecule has 0 atom stereocenters. The average Bonchev–Trinajstić information content (AvgIpc) is 2.71. The summed E-state index contributed by atoms with van der Waals surface area (Å²) < 4.78 is 0. The van der Waals surface area contributed by atoms with Gasteiger partial charge in [0.2, 0.25) is 5.95 Å². The zero-order chi connectivity index (χ0) is 18.2. The maximum absolute atomic E-state index is 4.78. The SMILES string of the molecule is CCCCN(C)c1nc(NCc2ccncc2)cc(-c2ccccc2)n1. The highest BCUT2D eigenvalue weighted by Crippen LogP contribution is 2.23. The molecular formula is C21H25N5. The van der Waals surface area contributed by atoms with Crippen molar-refractivity contribution < 1.29 is 0 Å². The highest BCUT2D eigenvalue weighted by molar-refractivity contribution is 5.64. The van der Waals surface area contributed by atoms with E-state index >= 15 is 0 Å². The summed E-state index contributed by atoms with van der Waals surface area (Å²) >= 11 is 0. The van der Waals surface area contributed by atoms with E-state index < -0.39 is 0 Å². The minimum Gasteiger partial charge on any atom is -0.366 e. The highest BCUT2D eigenvalue weighted by Gasteiger charge is 2.10. The minimum atomic E-state index is 0.700. The van der Waals surface area contributed by atoms with E-state index in [1.165, 1.54) is 5.56 Å². The van der Waals surface area contributed by atoms with Crippen LogP contribution in [0, 0.1) is 0 Å². The Morgan fingerprint density at radius 3 is 2.50 bits per heavy atom. The van der Waals surface area contributed by atoms with E-state index in [0.717, 1.165) is 42.4 Å². The van der Waals surface area contributed by atoms with Gasteiger partial charge in [0, 0.05) is 44.2 Å². The first-order chi connectivity index (χ1) is 12.8. The second kappa shape index (κ2) is 8.94. The molecule has 26 heavy (non-hydrogen) atoms. The maximum atomic E-state index is 4.78. The molecule has 0 aliphatic heterocycles. The minimum absolute atomic E-state index is 0.700. The quantitative estimate of drug-likeness (QED) is 0.655. The molecule has 0 unspecified atom stereocenters. The number of anilines is 2. The Hall–Kier alpha value is -2.95. The third-order valence-electron chi connectivity index (χ3n) is 4.20. The van der Waals surface area contributed by atoms with Crippen molar-refractivity contribution in [1.82, 2.24) is 15.0 Å². The molecule has 0 aliphatic carbocycles. The normalized spacial score (nSPS) is 10.5. The first-order valence-electron chi connectivity index (χ1n) is 9.04. The molecule has 1 N–H and O–H groups in total. The van der Waals surface area contributed by atoms with Crippen molar-refractivity contribution in [3.63, 3.8) is 0 Å². The summed E-state index contributed by atoms with van der Waals surface area (Å²) in [5.74, 6) is 1.58. The van der Waals surface area contributed by atoms with Gasteiger partial charge in [-0.3, -0.25) is 4.98 Å². The topological polar surface area (TPSA) is 53.9 Å². The molecule has 0 radical (unpaired) electrons. The fourth-order valence-electron chi connectivity index (χ4n) is 2.64. The summed E-state index contributed by atoms with van der Waals surface area (Å²) in [6.07, 6.45) is 5.87. The molecule has 0 bridgehead atoms. The second-order valence-corrected chi connectivity index (χ2v) is 6.29. The van der Waals surface area contributed by atoms with Gasteiger partial charge in [-0.15, -0.1) is 0 Å². The van der Waals surface area contributed by atoms with Crippen LogP contribution in [0.2, 0.25) is 0 Å². The maximum Gasteiger partial charge on any atom is 0.227 e. The van der Waals surface area contributed by atoms with Gasteiger partial charge in [-0.1, -0.05) is 43.7 Å². The summed E-state index contributed by atoms with van der Waals surface area (Å²) in [5, 5.41) is 3.42. The third-order valence-corrected chi connectivity index (χ3v) is 4.20. The molecule has 0 amide bonds. The van der Waals surface area contributed by atoms with Crippen molar-refractivity contribution in [3.8, 4) is 11.3 Å². The molecule has 2 aromatic heterocycles. The van der Waals surface area contributed by atoms with Crippen molar-refractivity contribution in [2.45, 2.75) is 26.3 Å². The van der Waals surface area contributed by atoms with E-state index in [0.29, 0.717) is 6.54 Å². The van der Waals surface area contributed by atoms with E-state index in [1.54, 1.807) is 12.4 Å². The number of nitrogens with zero attached hydrogens (tertiary/aromatic N) is 4.